The number of imidazole rings is 1. The molecule has 0 radical (unpaired) electrons. The minimum absolute atomic E-state index is 0.159. The largest absolute Gasteiger partial charge is 0.496 e. The normalized spacial score (nSPS) is 18.2. The Bertz CT molecular complexity index is 1520. The van der Waals surface area contributed by atoms with Gasteiger partial charge >= 0.3 is 7.12 Å². The number of nitrogens with one attached hydrogen (secondary N) is 2. The molecule has 45 heavy (non-hydrogen) atoms. The maximum Gasteiger partial charge on any atom is 0.496 e. The maximum atomic E-state index is 14.4. The molecular formula is C32H45BF2N4O6. The quantitative estimate of drug-likeness (QED) is 0.211. The minimum atomic E-state index is -1.24. The number of nitrogens with zero attached hydrogens (tertiary/aromatic N) is 2. The number of hydrogen-bond donors (Lipinski definition) is 3. The van der Waals surface area contributed by atoms with E-state index < -0.39 is 60.0 Å². The number of aryl methyl sites for hydroxylation is 1. The van der Waals surface area contributed by atoms with Gasteiger partial charge in [0.1, 0.15) is 23.9 Å². The number of pyridine rings is 1. The maximum absolute atomic E-state index is 14.4. The summed E-state index contributed by atoms with van der Waals surface area (Å²) in [6.45, 7) is 18.4. The summed E-state index contributed by atoms with van der Waals surface area (Å²) in [5.41, 5.74) is -1.37. The Balaban J connectivity index is 1.69. The molecule has 1 amide bonds. The van der Waals surface area contributed by atoms with E-state index >= 15 is 0 Å². The van der Waals surface area contributed by atoms with Gasteiger partial charge in [0.05, 0.1) is 28.1 Å². The van der Waals surface area contributed by atoms with Crippen LogP contribution in [-0.2, 0) is 20.7 Å². The number of aromatic nitrogens is 2. The van der Waals surface area contributed by atoms with Crippen molar-refractivity contribution in [2.24, 2.45) is 0 Å². The Morgan fingerprint density at radius 1 is 1.13 bits per heavy atom. The number of benzene rings is 1. The van der Waals surface area contributed by atoms with Crippen LogP contribution in [0.2, 0.25) is 0 Å². The second kappa shape index (κ2) is 12.6. The van der Waals surface area contributed by atoms with Crippen LogP contribution in [0.5, 0.6) is 5.75 Å². The highest BCUT2D eigenvalue weighted by Crippen LogP contribution is 2.37. The molecule has 3 heterocycles. The first-order valence-electron chi connectivity index (χ1n) is 15.1. The van der Waals surface area contributed by atoms with Gasteiger partial charge in [-0.25, -0.2) is 13.8 Å². The summed E-state index contributed by atoms with van der Waals surface area (Å²) in [7, 11) is -0.817. The first-order valence-corrected chi connectivity index (χ1v) is 15.1. The van der Waals surface area contributed by atoms with Gasteiger partial charge in [0.2, 0.25) is 6.41 Å². The summed E-state index contributed by atoms with van der Waals surface area (Å²) in [6.07, 6.45) is 1.02. The van der Waals surface area contributed by atoms with Crippen molar-refractivity contribution in [1.82, 2.24) is 20.0 Å². The summed E-state index contributed by atoms with van der Waals surface area (Å²) < 4.78 is 54.6. The van der Waals surface area contributed by atoms with E-state index in [9.17, 15) is 18.7 Å². The summed E-state index contributed by atoms with van der Waals surface area (Å²) in [4.78, 5) is 18.3. The van der Waals surface area contributed by atoms with Crippen LogP contribution in [0.3, 0.4) is 0 Å². The lowest BCUT2D eigenvalue weighted by Crippen LogP contribution is -2.56. The van der Waals surface area contributed by atoms with Gasteiger partial charge in [-0.1, -0.05) is 13.0 Å². The summed E-state index contributed by atoms with van der Waals surface area (Å²) >= 11 is 0. The Morgan fingerprint density at radius 2 is 1.73 bits per heavy atom. The fourth-order valence-corrected chi connectivity index (χ4v) is 4.86. The Kier molecular flexibility index (Phi) is 9.73. The molecule has 2 unspecified atom stereocenters. The monoisotopic (exact) mass is 630 g/mol. The molecule has 0 aliphatic carbocycles. The van der Waals surface area contributed by atoms with Crippen molar-refractivity contribution in [2.75, 3.05) is 6.54 Å². The average Bonchev–Trinajstić information content (AvgIpc) is 3.36. The number of carbonyl (C=O) groups is 1. The van der Waals surface area contributed by atoms with Crippen molar-refractivity contribution in [3.63, 3.8) is 0 Å². The number of rotatable bonds is 11. The molecule has 2 atom stereocenters. The van der Waals surface area contributed by atoms with Gasteiger partial charge in [-0.15, -0.1) is 0 Å². The van der Waals surface area contributed by atoms with E-state index in [1.807, 2.05) is 62.3 Å². The second-order valence-corrected chi connectivity index (χ2v) is 13.8. The van der Waals surface area contributed by atoms with Crippen LogP contribution < -0.4 is 20.8 Å². The molecule has 4 rings (SSSR count). The lowest BCUT2D eigenvalue weighted by molar-refractivity contribution is -0.191. The van der Waals surface area contributed by atoms with Crippen LogP contribution >= 0.6 is 0 Å². The van der Waals surface area contributed by atoms with Gasteiger partial charge in [-0.3, -0.25) is 14.5 Å². The number of amides is 1. The molecule has 246 valence electrons. The number of aliphatic hydroxyl groups excluding tert-OH is 1. The van der Waals surface area contributed by atoms with Crippen LogP contribution in [0.15, 0.2) is 30.5 Å². The molecular weight excluding hydrogens is 585 g/mol. The molecule has 1 aliphatic heterocycles. The zero-order valence-corrected chi connectivity index (χ0v) is 27.8. The topological polar surface area (TPSA) is 116 Å². The third-order valence-electron chi connectivity index (χ3n) is 8.41. The summed E-state index contributed by atoms with van der Waals surface area (Å²) in [6, 6.07) is 5.26. The zero-order valence-electron chi connectivity index (χ0n) is 27.8. The van der Waals surface area contributed by atoms with E-state index in [4.69, 9.17) is 18.8 Å². The van der Waals surface area contributed by atoms with Gasteiger partial charge < -0.3 is 29.2 Å². The fourth-order valence-electron chi connectivity index (χ4n) is 4.86. The predicted molar refractivity (Wildman–Crippen MR) is 167 cm³/mol. The Hall–Kier alpha value is -3.10. The van der Waals surface area contributed by atoms with Crippen molar-refractivity contribution >= 4 is 24.1 Å². The molecule has 1 aliphatic rings. The second-order valence-electron chi connectivity index (χ2n) is 13.8. The van der Waals surface area contributed by atoms with Crippen LogP contribution in [0.4, 0.5) is 8.78 Å². The number of ether oxygens (including phenoxy) is 2. The van der Waals surface area contributed by atoms with Crippen molar-refractivity contribution in [2.45, 2.75) is 111 Å². The molecule has 1 fully saturated rings. The zero-order chi connectivity index (χ0) is 33.5. The van der Waals surface area contributed by atoms with E-state index in [-0.39, 0.29) is 29.2 Å². The third-order valence-corrected chi connectivity index (χ3v) is 8.41. The molecule has 1 saturated heterocycles. The first-order chi connectivity index (χ1) is 20.8. The van der Waals surface area contributed by atoms with Crippen LogP contribution in [0.25, 0.3) is 5.65 Å². The van der Waals surface area contributed by atoms with Crippen molar-refractivity contribution < 1.29 is 37.5 Å². The van der Waals surface area contributed by atoms with Gasteiger partial charge in [0.15, 0.2) is 11.4 Å². The molecule has 0 bridgehead atoms. The van der Waals surface area contributed by atoms with Gasteiger partial charge in [0, 0.05) is 23.7 Å². The van der Waals surface area contributed by atoms with Gasteiger partial charge in [0.25, 0.3) is 5.91 Å². The van der Waals surface area contributed by atoms with Crippen molar-refractivity contribution in [3.8, 4) is 5.75 Å². The van der Waals surface area contributed by atoms with Crippen LogP contribution in [0.1, 0.15) is 90.5 Å². The molecule has 0 spiro atoms. The van der Waals surface area contributed by atoms with E-state index in [2.05, 4.69) is 15.6 Å². The summed E-state index contributed by atoms with van der Waals surface area (Å²) in [5.74, 6) is -1.71. The molecule has 10 nitrogen and oxygen atoms in total. The third kappa shape index (κ3) is 7.66. The predicted octanol–water partition coefficient (Wildman–Crippen LogP) is 4.38. The van der Waals surface area contributed by atoms with E-state index in [1.54, 1.807) is 23.6 Å². The number of hydrogen-bond acceptors (Lipinski definition) is 8. The SMILES string of the molecule is CCC(C)(CNC(=O)c1c(C)nc2c(OCc3c(F)cccc3F)cc(B3OC(C)(C)C(C)(C)O3)cn12)NC(O)OC(C)(C)C. The number of halogens is 2. The first kappa shape index (κ1) is 34.8. The molecule has 0 saturated carbocycles. The summed E-state index contributed by atoms with van der Waals surface area (Å²) in [5, 5.41) is 16.4. The number of carbonyl (C=O) groups excluding carboxylic acids is 1. The lowest BCUT2D eigenvalue weighted by Gasteiger charge is -2.34. The standard InChI is InChI=1S/C32H45BF2N4O6/c1-11-32(10,38-28(41)43-29(3,4)5)18-36-27(40)25-19(2)37-26-24(42-17-21-22(34)13-12-14-23(21)35)15-20(16-39(25)26)33-44-30(6,7)31(8,9)45-33/h12-16,28,38,41H,11,17-18H2,1-10H3,(H,36,40). The fraction of sp³-hybridized carbons (Fsp3) is 0.562. The highest BCUT2D eigenvalue weighted by Gasteiger charge is 2.52. The lowest BCUT2D eigenvalue weighted by atomic mass is 9.80. The van der Waals surface area contributed by atoms with Crippen molar-refractivity contribution in [1.29, 1.82) is 0 Å². The number of aliphatic hydroxyl groups is 1. The van der Waals surface area contributed by atoms with Gasteiger partial charge in [-0.2, -0.15) is 0 Å². The molecule has 13 heteroatoms. The average molecular weight is 631 g/mol. The highest BCUT2D eigenvalue weighted by molar-refractivity contribution is 6.62. The minimum Gasteiger partial charge on any atom is -0.485 e. The van der Waals surface area contributed by atoms with Gasteiger partial charge in [-0.05, 0) is 86.9 Å². The molecule has 1 aromatic carbocycles. The van der Waals surface area contributed by atoms with E-state index in [1.165, 1.54) is 6.07 Å². The van der Waals surface area contributed by atoms with E-state index in [0.29, 0.717) is 17.6 Å². The molecule has 3 aromatic rings. The smallest absolute Gasteiger partial charge is 0.485 e. The Labute approximate surface area is 263 Å². The van der Waals surface area contributed by atoms with Crippen LogP contribution in [0, 0.1) is 18.6 Å². The number of fused-ring (bicyclic) bond motifs is 1. The molecule has 2 aromatic heterocycles. The van der Waals surface area contributed by atoms with Crippen LogP contribution in [-0.4, -0.2) is 62.8 Å². The van der Waals surface area contributed by atoms with Crippen molar-refractivity contribution in [3.05, 3.63) is 59.0 Å². The highest BCUT2D eigenvalue weighted by atomic mass is 19.1. The van der Waals surface area contributed by atoms with E-state index in [0.717, 1.165) is 12.1 Å². The molecule has 3 N–H and O–H groups in total. The Morgan fingerprint density at radius 3 is 2.29 bits per heavy atom.